The predicted octanol–water partition coefficient (Wildman–Crippen LogP) is 5.02. The van der Waals surface area contributed by atoms with Gasteiger partial charge in [-0.15, -0.1) is 6.58 Å². The predicted molar refractivity (Wildman–Crippen MR) is 105 cm³/mol. The van der Waals surface area contributed by atoms with Crippen LogP contribution in [0.1, 0.15) is 54.1 Å². The van der Waals surface area contributed by atoms with Gasteiger partial charge in [0.15, 0.2) is 0 Å². The second kappa shape index (κ2) is 7.15. The van der Waals surface area contributed by atoms with Gasteiger partial charge in [0.2, 0.25) is 0 Å². The zero-order valence-corrected chi connectivity index (χ0v) is 15.5. The Hall–Kier alpha value is -1.90. The molecule has 0 bridgehead atoms. The summed E-state index contributed by atoms with van der Waals surface area (Å²) in [6, 6.07) is 17.5. The van der Waals surface area contributed by atoms with E-state index in [1.807, 2.05) is 6.08 Å². The molecule has 2 aromatic rings. The van der Waals surface area contributed by atoms with Crippen molar-refractivity contribution in [1.82, 2.24) is 5.32 Å². The van der Waals surface area contributed by atoms with Crippen molar-refractivity contribution in [2.45, 2.75) is 51.3 Å². The van der Waals surface area contributed by atoms with Gasteiger partial charge in [-0.2, -0.15) is 0 Å². The van der Waals surface area contributed by atoms with Gasteiger partial charge < -0.3 is 10.4 Å². The van der Waals surface area contributed by atoms with Crippen LogP contribution in [-0.2, 0) is 0 Å². The van der Waals surface area contributed by atoms with E-state index >= 15 is 0 Å². The average molecular weight is 335 g/mol. The SMILES string of the molecule is C=CC[C@]1(O)C[C@H](c2ccc(C)cc2)N[C@H](c2ccc(C)cc2)[C@H]1C. The number of piperidine rings is 1. The number of benzene rings is 2. The minimum absolute atomic E-state index is 0.106. The van der Waals surface area contributed by atoms with Crippen molar-refractivity contribution in [2.24, 2.45) is 5.92 Å². The molecule has 0 unspecified atom stereocenters. The largest absolute Gasteiger partial charge is 0.389 e. The molecule has 132 valence electrons. The monoisotopic (exact) mass is 335 g/mol. The highest BCUT2D eigenvalue weighted by molar-refractivity contribution is 5.30. The smallest absolute Gasteiger partial charge is 0.0743 e. The number of hydrogen-bond donors (Lipinski definition) is 2. The van der Waals surface area contributed by atoms with Crippen LogP contribution >= 0.6 is 0 Å². The molecule has 2 nitrogen and oxygen atoms in total. The number of rotatable bonds is 4. The highest BCUT2D eigenvalue weighted by atomic mass is 16.3. The molecular formula is C23H29NO. The van der Waals surface area contributed by atoms with Crippen LogP contribution in [0.5, 0.6) is 0 Å². The van der Waals surface area contributed by atoms with E-state index in [0.29, 0.717) is 12.8 Å². The van der Waals surface area contributed by atoms with Crippen molar-refractivity contribution in [3.8, 4) is 0 Å². The van der Waals surface area contributed by atoms with Gasteiger partial charge in [-0.3, -0.25) is 0 Å². The molecule has 25 heavy (non-hydrogen) atoms. The van der Waals surface area contributed by atoms with E-state index in [0.717, 1.165) is 0 Å². The first-order valence-corrected chi connectivity index (χ1v) is 9.15. The molecular weight excluding hydrogens is 306 g/mol. The third-order valence-corrected chi connectivity index (χ3v) is 5.70. The van der Waals surface area contributed by atoms with Crippen LogP contribution in [0.25, 0.3) is 0 Å². The standard InChI is InChI=1S/C23H29NO/c1-5-14-23(25)15-21(19-10-6-16(2)7-11-19)24-22(18(23)4)20-12-8-17(3)9-13-20/h5-13,18,21-22,24-25H,1,14-15H2,2-4H3/t18-,21-,22+,23+/m1/s1. The zero-order valence-electron chi connectivity index (χ0n) is 15.5. The summed E-state index contributed by atoms with van der Waals surface area (Å²) in [7, 11) is 0. The third kappa shape index (κ3) is 3.70. The average Bonchev–Trinajstić information content (AvgIpc) is 2.59. The lowest BCUT2D eigenvalue weighted by molar-refractivity contribution is -0.0654. The maximum Gasteiger partial charge on any atom is 0.0743 e. The molecule has 0 radical (unpaired) electrons. The molecule has 2 heteroatoms. The fourth-order valence-corrected chi connectivity index (χ4v) is 3.96. The Balaban J connectivity index is 1.97. The first kappa shape index (κ1) is 17.9. The Morgan fingerprint density at radius 1 is 1.04 bits per heavy atom. The number of hydrogen-bond acceptors (Lipinski definition) is 2. The minimum Gasteiger partial charge on any atom is -0.389 e. The molecule has 1 aliphatic rings. The topological polar surface area (TPSA) is 32.3 Å². The van der Waals surface area contributed by atoms with Crippen molar-refractivity contribution in [3.05, 3.63) is 83.4 Å². The van der Waals surface area contributed by atoms with Gasteiger partial charge in [-0.25, -0.2) is 0 Å². The summed E-state index contributed by atoms with van der Waals surface area (Å²) in [4.78, 5) is 0. The molecule has 1 fully saturated rings. The van der Waals surface area contributed by atoms with Gasteiger partial charge in [0.1, 0.15) is 0 Å². The summed E-state index contributed by atoms with van der Waals surface area (Å²) in [5, 5.41) is 15.2. The molecule has 1 aliphatic heterocycles. The van der Waals surface area contributed by atoms with Crippen molar-refractivity contribution in [1.29, 1.82) is 0 Å². The molecule has 0 spiro atoms. The van der Waals surface area contributed by atoms with Crippen LogP contribution in [0, 0.1) is 19.8 Å². The van der Waals surface area contributed by atoms with Gasteiger partial charge in [-0.05, 0) is 37.8 Å². The first-order chi connectivity index (χ1) is 11.9. The second-order valence-electron chi connectivity index (χ2n) is 7.61. The summed E-state index contributed by atoms with van der Waals surface area (Å²) in [5.74, 6) is 0.106. The number of aryl methyl sites for hydroxylation is 2. The summed E-state index contributed by atoms with van der Waals surface area (Å²) >= 11 is 0. The van der Waals surface area contributed by atoms with Gasteiger partial charge >= 0.3 is 0 Å². The van der Waals surface area contributed by atoms with E-state index in [-0.39, 0.29) is 18.0 Å². The molecule has 0 aliphatic carbocycles. The quantitative estimate of drug-likeness (QED) is 0.769. The third-order valence-electron chi connectivity index (χ3n) is 5.70. The summed E-state index contributed by atoms with van der Waals surface area (Å²) in [6.45, 7) is 10.2. The molecule has 2 aromatic carbocycles. The minimum atomic E-state index is -0.752. The van der Waals surface area contributed by atoms with Crippen LogP contribution in [0.15, 0.2) is 61.2 Å². The van der Waals surface area contributed by atoms with Crippen molar-refractivity contribution >= 4 is 0 Å². The number of nitrogens with one attached hydrogen (secondary N) is 1. The van der Waals surface area contributed by atoms with E-state index in [4.69, 9.17) is 0 Å². The Morgan fingerprint density at radius 2 is 1.56 bits per heavy atom. The Kier molecular flexibility index (Phi) is 5.12. The molecule has 1 heterocycles. The van der Waals surface area contributed by atoms with E-state index in [2.05, 4.69) is 81.2 Å². The van der Waals surface area contributed by atoms with Crippen molar-refractivity contribution in [2.75, 3.05) is 0 Å². The maximum absolute atomic E-state index is 11.4. The molecule has 3 rings (SSSR count). The van der Waals surface area contributed by atoms with Gasteiger partial charge in [0.25, 0.3) is 0 Å². The Morgan fingerprint density at radius 3 is 2.08 bits per heavy atom. The van der Waals surface area contributed by atoms with Crippen LogP contribution in [0.4, 0.5) is 0 Å². The van der Waals surface area contributed by atoms with Crippen LogP contribution in [-0.4, -0.2) is 10.7 Å². The molecule has 2 N–H and O–H groups in total. The van der Waals surface area contributed by atoms with Crippen LogP contribution < -0.4 is 5.32 Å². The highest BCUT2D eigenvalue weighted by Crippen LogP contribution is 2.44. The molecule has 0 aromatic heterocycles. The van der Waals surface area contributed by atoms with E-state index in [1.165, 1.54) is 22.3 Å². The van der Waals surface area contributed by atoms with Crippen LogP contribution in [0.2, 0.25) is 0 Å². The maximum atomic E-state index is 11.4. The first-order valence-electron chi connectivity index (χ1n) is 9.15. The number of aliphatic hydroxyl groups is 1. The lowest BCUT2D eigenvalue weighted by Crippen LogP contribution is -2.51. The summed E-state index contributed by atoms with van der Waals surface area (Å²) < 4.78 is 0. The lowest BCUT2D eigenvalue weighted by Gasteiger charge is -2.47. The van der Waals surface area contributed by atoms with Crippen molar-refractivity contribution < 1.29 is 5.11 Å². The van der Waals surface area contributed by atoms with E-state index in [9.17, 15) is 5.11 Å². The highest BCUT2D eigenvalue weighted by Gasteiger charge is 2.45. The fraction of sp³-hybridized carbons (Fsp3) is 0.391. The van der Waals surface area contributed by atoms with E-state index < -0.39 is 5.60 Å². The lowest BCUT2D eigenvalue weighted by atomic mass is 9.70. The molecule has 0 amide bonds. The summed E-state index contributed by atoms with van der Waals surface area (Å²) in [6.07, 6.45) is 3.16. The van der Waals surface area contributed by atoms with Gasteiger partial charge in [0, 0.05) is 18.0 Å². The molecule has 4 atom stereocenters. The fourth-order valence-electron chi connectivity index (χ4n) is 3.96. The van der Waals surface area contributed by atoms with Gasteiger partial charge in [0.05, 0.1) is 5.60 Å². The zero-order chi connectivity index (χ0) is 18.0. The normalized spacial score (nSPS) is 29.4. The molecule has 0 saturated carbocycles. The molecule has 1 saturated heterocycles. The Bertz CT molecular complexity index is 719. The van der Waals surface area contributed by atoms with E-state index in [1.54, 1.807) is 0 Å². The Labute approximate surface area is 151 Å². The second-order valence-corrected chi connectivity index (χ2v) is 7.61. The van der Waals surface area contributed by atoms with Gasteiger partial charge in [-0.1, -0.05) is 72.7 Å². The summed E-state index contributed by atoms with van der Waals surface area (Å²) in [5.41, 5.74) is 4.22. The van der Waals surface area contributed by atoms with Crippen molar-refractivity contribution in [3.63, 3.8) is 0 Å². The van der Waals surface area contributed by atoms with Crippen LogP contribution in [0.3, 0.4) is 0 Å².